The lowest BCUT2D eigenvalue weighted by Crippen LogP contribution is -2.39. The van der Waals surface area contributed by atoms with Gasteiger partial charge < -0.3 is 35.1 Å². The Balaban J connectivity index is 1.77. The Bertz CT molecular complexity index is 1660. The first kappa shape index (κ1) is 33.4. The summed E-state index contributed by atoms with van der Waals surface area (Å²) in [4.78, 5) is 31.9. The monoisotopic (exact) mass is 615 g/mol. The highest BCUT2D eigenvalue weighted by Crippen LogP contribution is 2.31. The molecule has 0 radical (unpaired) electrons. The zero-order chi connectivity index (χ0) is 32.4. The van der Waals surface area contributed by atoms with Crippen LogP contribution in [-0.4, -0.2) is 69.9 Å². The lowest BCUT2D eigenvalue weighted by Gasteiger charge is -2.29. The van der Waals surface area contributed by atoms with E-state index in [9.17, 15) is 9.90 Å². The molecule has 3 heterocycles. The number of methoxy groups -OCH3 is 2. The molecule has 4 N–H and O–H groups in total. The number of ether oxygens (including phenoxy) is 2. The fraction of sp³-hybridized carbons (Fsp3) is 0.412. The Labute approximate surface area is 264 Å². The molecule has 0 aliphatic rings. The minimum absolute atomic E-state index is 0.0715. The van der Waals surface area contributed by atoms with Gasteiger partial charge in [-0.05, 0) is 56.1 Å². The first-order valence-corrected chi connectivity index (χ1v) is 15.3. The number of rotatable bonds is 17. The molecule has 0 saturated carbocycles. The van der Waals surface area contributed by atoms with Gasteiger partial charge >= 0.3 is 0 Å². The van der Waals surface area contributed by atoms with Crippen molar-refractivity contribution in [2.24, 2.45) is 0 Å². The topological polar surface area (TPSA) is 138 Å². The Morgan fingerprint density at radius 1 is 1.16 bits per heavy atom. The molecule has 0 fully saturated rings. The fourth-order valence-electron chi connectivity index (χ4n) is 5.12. The third-order valence-corrected chi connectivity index (χ3v) is 7.79. The van der Waals surface area contributed by atoms with Crippen molar-refractivity contribution in [2.45, 2.75) is 58.2 Å². The second-order valence-electron chi connectivity index (χ2n) is 11.5. The Hall–Kier alpha value is -4.48. The normalized spacial score (nSPS) is 12.6. The lowest BCUT2D eigenvalue weighted by molar-refractivity contribution is 0.212. The predicted octanol–water partition coefficient (Wildman–Crippen LogP) is 5.37. The number of pyridine rings is 2. The number of unbranched alkanes of at least 4 members (excludes halogenated alkanes) is 1. The molecule has 3 aromatic heterocycles. The number of hydrogen-bond acceptors (Lipinski definition) is 10. The quantitative estimate of drug-likeness (QED) is 0.115. The predicted molar refractivity (Wildman–Crippen MR) is 180 cm³/mol. The van der Waals surface area contributed by atoms with Gasteiger partial charge in [-0.2, -0.15) is 4.98 Å². The third kappa shape index (κ3) is 8.58. The highest BCUT2D eigenvalue weighted by molar-refractivity contribution is 5.89. The standard InChI is InChI=1S/C34H45N7O4/c1-7-9-13-34(3,22-42)40-32-31-28(38-33(39-32)37-18-23-11-12-26(44-5)16-29(23)45-6)15-24(19-36-31)27-17-30(43)35-20-25(27)21-41(4)14-10-8-2/h8,11-12,15-17,19-20,42H,2,7,9-10,13-14,18,21-22H2,1,3-6H3,(H,35,43)(H2,37,38,39,40)/t34-/m1/s1. The average molecular weight is 616 g/mol. The summed E-state index contributed by atoms with van der Waals surface area (Å²) in [6.07, 6.45) is 8.96. The van der Waals surface area contributed by atoms with Crippen LogP contribution < -0.4 is 25.7 Å². The van der Waals surface area contributed by atoms with E-state index >= 15 is 0 Å². The minimum Gasteiger partial charge on any atom is -0.497 e. The van der Waals surface area contributed by atoms with E-state index in [-0.39, 0.29) is 12.2 Å². The average Bonchev–Trinajstić information content (AvgIpc) is 3.05. The second kappa shape index (κ2) is 15.5. The molecule has 240 valence electrons. The van der Waals surface area contributed by atoms with Gasteiger partial charge in [0.1, 0.15) is 17.0 Å². The molecule has 11 heteroatoms. The van der Waals surface area contributed by atoms with Gasteiger partial charge in [-0.15, -0.1) is 6.58 Å². The molecule has 0 spiro atoms. The van der Waals surface area contributed by atoms with Crippen molar-refractivity contribution in [2.75, 3.05) is 45.1 Å². The van der Waals surface area contributed by atoms with Gasteiger partial charge in [0.15, 0.2) is 5.82 Å². The summed E-state index contributed by atoms with van der Waals surface area (Å²) in [6, 6.07) is 9.16. The van der Waals surface area contributed by atoms with Crippen LogP contribution in [0.5, 0.6) is 11.5 Å². The maximum atomic E-state index is 12.4. The van der Waals surface area contributed by atoms with E-state index in [0.717, 1.165) is 54.5 Å². The van der Waals surface area contributed by atoms with Gasteiger partial charge in [-0.3, -0.25) is 9.78 Å². The molecular formula is C34H45N7O4. The first-order valence-electron chi connectivity index (χ1n) is 15.3. The molecule has 1 aromatic carbocycles. The Morgan fingerprint density at radius 2 is 1.98 bits per heavy atom. The molecule has 11 nitrogen and oxygen atoms in total. The van der Waals surface area contributed by atoms with Crippen molar-refractivity contribution in [3.8, 4) is 22.6 Å². The largest absolute Gasteiger partial charge is 0.497 e. The van der Waals surface area contributed by atoms with Crippen LogP contribution in [0.3, 0.4) is 0 Å². The molecule has 0 bridgehead atoms. The van der Waals surface area contributed by atoms with Crippen molar-refractivity contribution in [3.05, 3.63) is 76.9 Å². The molecule has 0 saturated heterocycles. The maximum Gasteiger partial charge on any atom is 0.248 e. The summed E-state index contributed by atoms with van der Waals surface area (Å²) in [5.41, 5.74) is 3.78. The molecule has 0 aliphatic carbocycles. The number of hydrogen-bond donors (Lipinski definition) is 4. The van der Waals surface area contributed by atoms with Crippen LogP contribution in [-0.2, 0) is 13.1 Å². The van der Waals surface area contributed by atoms with Crippen LogP contribution in [0.1, 0.15) is 50.7 Å². The van der Waals surface area contributed by atoms with Crippen LogP contribution in [0.15, 0.2) is 60.2 Å². The number of anilines is 2. The molecule has 0 aliphatic heterocycles. The zero-order valence-corrected chi connectivity index (χ0v) is 26.9. The number of nitrogens with zero attached hydrogens (tertiary/aromatic N) is 4. The smallest absolute Gasteiger partial charge is 0.248 e. The van der Waals surface area contributed by atoms with E-state index in [2.05, 4.69) is 34.0 Å². The summed E-state index contributed by atoms with van der Waals surface area (Å²) in [5, 5.41) is 17.1. The van der Waals surface area contributed by atoms with Crippen molar-refractivity contribution >= 4 is 22.8 Å². The molecule has 45 heavy (non-hydrogen) atoms. The molecule has 4 aromatic rings. The second-order valence-corrected chi connectivity index (χ2v) is 11.5. The third-order valence-electron chi connectivity index (χ3n) is 7.79. The van der Waals surface area contributed by atoms with Crippen LogP contribution in [0, 0.1) is 0 Å². The Morgan fingerprint density at radius 3 is 2.69 bits per heavy atom. The van der Waals surface area contributed by atoms with Gasteiger partial charge in [0.25, 0.3) is 0 Å². The van der Waals surface area contributed by atoms with E-state index in [1.807, 2.05) is 44.3 Å². The highest BCUT2D eigenvalue weighted by atomic mass is 16.5. The molecule has 1 atom stereocenters. The number of aromatic nitrogens is 4. The molecular weight excluding hydrogens is 570 g/mol. The van der Waals surface area contributed by atoms with Crippen molar-refractivity contribution in [1.29, 1.82) is 0 Å². The molecule has 0 unspecified atom stereocenters. The van der Waals surface area contributed by atoms with Crippen LogP contribution >= 0.6 is 0 Å². The van der Waals surface area contributed by atoms with Gasteiger partial charge in [0.05, 0.1) is 31.9 Å². The SMILES string of the molecule is C=CCCN(C)Cc1c[nH]c(=O)cc1-c1cnc2c(N[C@@](C)(CO)CCCC)nc(NCc3ccc(OC)cc3OC)nc2c1. The number of fused-ring (bicyclic) bond motifs is 1. The van der Waals surface area contributed by atoms with Crippen molar-refractivity contribution < 1.29 is 14.6 Å². The van der Waals surface area contributed by atoms with E-state index in [0.29, 0.717) is 47.4 Å². The number of nitrogens with one attached hydrogen (secondary N) is 3. The fourth-order valence-corrected chi connectivity index (χ4v) is 5.12. The van der Waals surface area contributed by atoms with Crippen LogP contribution in [0.4, 0.5) is 11.8 Å². The number of aliphatic hydroxyl groups is 1. The van der Waals surface area contributed by atoms with E-state index in [1.165, 1.54) is 0 Å². The maximum absolute atomic E-state index is 12.4. The van der Waals surface area contributed by atoms with Crippen LogP contribution in [0.25, 0.3) is 22.2 Å². The summed E-state index contributed by atoms with van der Waals surface area (Å²) >= 11 is 0. The number of aliphatic hydroxyl groups excluding tert-OH is 1. The van der Waals surface area contributed by atoms with E-state index in [1.54, 1.807) is 32.7 Å². The van der Waals surface area contributed by atoms with Gasteiger partial charge in [0, 0.05) is 55.3 Å². The van der Waals surface area contributed by atoms with Gasteiger partial charge in [0.2, 0.25) is 11.5 Å². The molecule has 0 amide bonds. The van der Waals surface area contributed by atoms with E-state index in [4.69, 9.17) is 24.4 Å². The first-order chi connectivity index (χ1) is 21.7. The summed E-state index contributed by atoms with van der Waals surface area (Å²) < 4.78 is 10.9. The lowest BCUT2D eigenvalue weighted by atomic mass is 9.96. The summed E-state index contributed by atoms with van der Waals surface area (Å²) in [7, 11) is 5.27. The van der Waals surface area contributed by atoms with Crippen LogP contribution in [0.2, 0.25) is 0 Å². The van der Waals surface area contributed by atoms with Gasteiger partial charge in [-0.25, -0.2) is 4.98 Å². The zero-order valence-electron chi connectivity index (χ0n) is 26.9. The van der Waals surface area contributed by atoms with Gasteiger partial charge in [-0.1, -0.05) is 25.8 Å². The summed E-state index contributed by atoms with van der Waals surface area (Å²) in [6.45, 7) is 9.72. The number of benzene rings is 1. The number of aromatic amines is 1. The number of H-pyrrole nitrogens is 1. The van der Waals surface area contributed by atoms with Crippen molar-refractivity contribution in [3.63, 3.8) is 0 Å². The minimum atomic E-state index is -0.607. The Kier molecular flexibility index (Phi) is 11.5. The van der Waals surface area contributed by atoms with Crippen molar-refractivity contribution in [1.82, 2.24) is 24.8 Å². The van der Waals surface area contributed by atoms with E-state index < -0.39 is 5.54 Å². The highest BCUT2D eigenvalue weighted by Gasteiger charge is 2.25. The molecule has 4 rings (SSSR count). The summed E-state index contributed by atoms with van der Waals surface area (Å²) in [5.74, 6) is 2.27.